The van der Waals surface area contributed by atoms with Crippen LogP contribution in [0.4, 0.5) is 5.00 Å². The molecule has 1 aromatic carbocycles. The smallest absolute Gasteiger partial charge is 0.262 e. The Kier molecular flexibility index (Phi) is 4.78. The van der Waals surface area contributed by atoms with Gasteiger partial charge in [-0.2, -0.15) is 0 Å². The Morgan fingerprint density at radius 2 is 1.92 bits per heavy atom. The molecule has 6 heteroatoms. The van der Waals surface area contributed by atoms with Crippen molar-refractivity contribution in [3.8, 4) is 0 Å². The van der Waals surface area contributed by atoms with Gasteiger partial charge in [0.15, 0.2) is 5.78 Å². The van der Waals surface area contributed by atoms with Crippen molar-refractivity contribution in [1.82, 2.24) is 0 Å². The van der Waals surface area contributed by atoms with E-state index in [0.717, 1.165) is 41.7 Å². The lowest BCUT2D eigenvalue weighted by molar-refractivity contribution is 0.101. The zero-order valence-electron chi connectivity index (χ0n) is 13.9. The van der Waals surface area contributed by atoms with Crippen molar-refractivity contribution in [2.24, 2.45) is 0 Å². The van der Waals surface area contributed by atoms with Gasteiger partial charge >= 0.3 is 0 Å². The molecule has 1 aliphatic rings. The Morgan fingerprint density at radius 3 is 2.62 bits per heavy atom. The summed E-state index contributed by atoms with van der Waals surface area (Å²) in [7, 11) is -3.70. The van der Waals surface area contributed by atoms with Gasteiger partial charge in [0.25, 0.3) is 10.0 Å². The summed E-state index contributed by atoms with van der Waals surface area (Å²) in [5.41, 5.74) is 2.38. The molecule has 0 spiro atoms. The number of hydrogen-bond acceptors (Lipinski definition) is 4. The molecule has 0 aliphatic heterocycles. The number of aryl methyl sites for hydroxylation is 2. The van der Waals surface area contributed by atoms with Crippen molar-refractivity contribution >= 4 is 32.1 Å². The lowest BCUT2D eigenvalue weighted by atomic mass is 9.94. The highest BCUT2D eigenvalue weighted by Gasteiger charge is 2.27. The highest BCUT2D eigenvalue weighted by atomic mass is 32.2. The van der Waals surface area contributed by atoms with E-state index in [4.69, 9.17) is 0 Å². The number of anilines is 1. The summed E-state index contributed by atoms with van der Waals surface area (Å²) < 4.78 is 28.4. The number of ketones is 1. The van der Waals surface area contributed by atoms with Crippen molar-refractivity contribution in [2.45, 2.75) is 50.8 Å². The molecule has 0 radical (unpaired) electrons. The van der Waals surface area contributed by atoms with Gasteiger partial charge in [0.05, 0.1) is 10.5 Å². The fourth-order valence-electron chi connectivity index (χ4n) is 3.25. The van der Waals surface area contributed by atoms with Gasteiger partial charge in [0.1, 0.15) is 5.00 Å². The lowest BCUT2D eigenvalue weighted by Crippen LogP contribution is -2.16. The third-order valence-electron chi connectivity index (χ3n) is 4.39. The Bertz CT molecular complexity index is 882. The van der Waals surface area contributed by atoms with Crippen molar-refractivity contribution < 1.29 is 13.2 Å². The largest absolute Gasteiger partial charge is 0.294 e. The Hall–Kier alpha value is -1.66. The third kappa shape index (κ3) is 3.13. The molecule has 0 fully saturated rings. The second-order valence-electron chi connectivity index (χ2n) is 6.04. The molecule has 1 N–H and O–H groups in total. The minimum absolute atomic E-state index is 0.0733. The summed E-state index contributed by atoms with van der Waals surface area (Å²) in [5.74, 6) is -0.0733. The zero-order chi connectivity index (χ0) is 17.3. The minimum atomic E-state index is -3.70. The molecule has 1 aliphatic carbocycles. The SMILES string of the molecule is CCc1ccccc1S(=O)(=O)Nc1sc2c(c1C(C)=O)CCCC2. The number of benzene rings is 1. The van der Waals surface area contributed by atoms with Gasteiger partial charge in [-0.15, -0.1) is 11.3 Å². The van der Waals surface area contributed by atoms with E-state index in [1.165, 1.54) is 18.3 Å². The van der Waals surface area contributed by atoms with E-state index in [1.54, 1.807) is 12.1 Å². The maximum absolute atomic E-state index is 12.9. The quantitative estimate of drug-likeness (QED) is 0.810. The van der Waals surface area contributed by atoms with Crippen LogP contribution in [0, 0.1) is 0 Å². The van der Waals surface area contributed by atoms with Gasteiger partial charge in [0.2, 0.25) is 0 Å². The summed E-state index contributed by atoms with van der Waals surface area (Å²) in [4.78, 5) is 13.5. The lowest BCUT2D eigenvalue weighted by Gasteiger charge is -2.12. The second-order valence-corrected chi connectivity index (χ2v) is 8.79. The number of carbonyl (C=O) groups excluding carboxylic acids is 1. The molecule has 0 amide bonds. The molecule has 0 unspecified atom stereocenters. The predicted molar refractivity (Wildman–Crippen MR) is 97.6 cm³/mol. The summed E-state index contributed by atoms with van der Waals surface area (Å²) in [6.45, 7) is 3.44. The molecule has 24 heavy (non-hydrogen) atoms. The first kappa shape index (κ1) is 17.2. The number of Topliss-reactive ketones (excluding diaryl/α,β-unsaturated/α-hetero) is 1. The fraction of sp³-hybridized carbons (Fsp3) is 0.389. The molecular weight excluding hydrogens is 342 g/mol. The highest BCUT2D eigenvalue weighted by molar-refractivity contribution is 7.93. The van der Waals surface area contributed by atoms with Gasteiger partial charge < -0.3 is 0 Å². The van der Waals surface area contributed by atoms with Crippen LogP contribution >= 0.6 is 11.3 Å². The predicted octanol–water partition coefficient (Wildman–Crippen LogP) is 4.19. The van der Waals surface area contributed by atoms with Gasteiger partial charge in [-0.1, -0.05) is 25.1 Å². The van der Waals surface area contributed by atoms with Gasteiger partial charge in [-0.25, -0.2) is 8.42 Å². The fourth-order valence-corrected chi connectivity index (χ4v) is 6.20. The molecule has 0 atom stereocenters. The van der Waals surface area contributed by atoms with Gasteiger partial charge in [-0.05, 0) is 56.2 Å². The van der Waals surface area contributed by atoms with Crippen LogP contribution in [0.2, 0.25) is 0 Å². The van der Waals surface area contributed by atoms with E-state index < -0.39 is 10.0 Å². The molecule has 0 saturated carbocycles. The van der Waals surface area contributed by atoms with Crippen molar-refractivity contribution in [2.75, 3.05) is 4.72 Å². The Balaban J connectivity index is 2.05. The molecule has 1 aromatic heterocycles. The molecule has 0 saturated heterocycles. The number of rotatable bonds is 5. The topological polar surface area (TPSA) is 63.2 Å². The summed E-state index contributed by atoms with van der Waals surface area (Å²) >= 11 is 1.41. The molecule has 1 heterocycles. The van der Waals surface area contributed by atoms with Crippen LogP contribution in [0.1, 0.15) is 53.1 Å². The van der Waals surface area contributed by atoms with Crippen LogP contribution in [-0.4, -0.2) is 14.2 Å². The van der Waals surface area contributed by atoms with Gasteiger partial charge in [-0.3, -0.25) is 9.52 Å². The Labute approximate surface area is 147 Å². The number of thiophene rings is 1. The van der Waals surface area contributed by atoms with Crippen LogP contribution in [0.5, 0.6) is 0 Å². The third-order valence-corrected chi connectivity index (χ3v) is 7.18. The Morgan fingerprint density at radius 1 is 1.21 bits per heavy atom. The molecule has 3 rings (SSSR count). The van der Waals surface area contributed by atoms with Crippen LogP contribution in [0.15, 0.2) is 29.2 Å². The number of fused-ring (bicyclic) bond motifs is 1. The van der Waals surface area contributed by atoms with Crippen LogP contribution < -0.4 is 4.72 Å². The minimum Gasteiger partial charge on any atom is -0.294 e. The second kappa shape index (κ2) is 6.69. The maximum atomic E-state index is 12.9. The first-order valence-electron chi connectivity index (χ1n) is 8.20. The van der Waals surface area contributed by atoms with Crippen molar-refractivity contribution in [3.63, 3.8) is 0 Å². The van der Waals surface area contributed by atoms with Crippen LogP contribution in [0.25, 0.3) is 0 Å². The van der Waals surface area contributed by atoms with Gasteiger partial charge in [0, 0.05) is 4.88 Å². The molecule has 0 bridgehead atoms. The van der Waals surface area contributed by atoms with E-state index in [-0.39, 0.29) is 10.7 Å². The summed E-state index contributed by atoms with van der Waals surface area (Å²) in [6, 6.07) is 6.99. The zero-order valence-corrected chi connectivity index (χ0v) is 15.5. The van der Waals surface area contributed by atoms with E-state index in [0.29, 0.717) is 17.0 Å². The highest BCUT2D eigenvalue weighted by Crippen LogP contribution is 2.39. The number of hydrogen-bond donors (Lipinski definition) is 1. The van der Waals surface area contributed by atoms with Crippen LogP contribution in [0.3, 0.4) is 0 Å². The maximum Gasteiger partial charge on any atom is 0.262 e. The van der Waals surface area contributed by atoms with E-state index in [2.05, 4.69) is 4.72 Å². The van der Waals surface area contributed by atoms with Crippen LogP contribution in [-0.2, 0) is 29.3 Å². The molecular formula is C18H21NO3S2. The normalized spacial score (nSPS) is 14.2. The molecule has 128 valence electrons. The number of carbonyl (C=O) groups is 1. The number of sulfonamides is 1. The first-order chi connectivity index (χ1) is 11.4. The average molecular weight is 364 g/mol. The van der Waals surface area contributed by atoms with Crippen molar-refractivity contribution in [3.05, 3.63) is 45.8 Å². The number of nitrogens with one attached hydrogen (secondary N) is 1. The monoisotopic (exact) mass is 363 g/mol. The molecule has 4 nitrogen and oxygen atoms in total. The first-order valence-corrected chi connectivity index (χ1v) is 10.5. The van der Waals surface area contributed by atoms with E-state index in [9.17, 15) is 13.2 Å². The molecule has 2 aromatic rings. The average Bonchev–Trinajstić information content (AvgIpc) is 2.91. The summed E-state index contributed by atoms with van der Waals surface area (Å²) in [6.07, 6.45) is 4.56. The van der Waals surface area contributed by atoms with E-state index in [1.807, 2.05) is 19.1 Å². The van der Waals surface area contributed by atoms with E-state index >= 15 is 0 Å². The standard InChI is InChI=1S/C18H21NO3S2/c1-3-13-8-4-7-11-16(13)24(21,22)19-18-17(12(2)20)14-9-5-6-10-15(14)23-18/h4,7-8,11,19H,3,5-6,9-10H2,1-2H3. The summed E-state index contributed by atoms with van der Waals surface area (Å²) in [5, 5.41) is 0.473. The van der Waals surface area contributed by atoms with Crippen molar-refractivity contribution in [1.29, 1.82) is 0 Å².